The molecule has 0 atom stereocenters. The van der Waals surface area contributed by atoms with Crippen LogP contribution in [-0.2, 0) is 6.61 Å². The van der Waals surface area contributed by atoms with Gasteiger partial charge in [-0.25, -0.2) is 0 Å². The van der Waals surface area contributed by atoms with Gasteiger partial charge in [0, 0.05) is 51.1 Å². The molecule has 1 fully saturated rings. The second-order valence-electron chi connectivity index (χ2n) is 7.50. The molecule has 160 valence electrons. The fourth-order valence-electron chi connectivity index (χ4n) is 3.58. The fourth-order valence-corrected chi connectivity index (χ4v) is 3.58. The summed E-state index contributed by atoms with van der Waals surface area (Å²) in [5, 5.41) is 7.40. The lowest BCUT2D eigenvalue weighted by atomic mass is 10.2. The van der Waals surface area contributed by atoms with Crippen molar-refractivity contribution in [3.63, 3.8) is 0 Å². The van der Waals surface area contributed by atoms with Crippen LogP contribution in [0.2, 0.25) is 0 Å². The third kappa shape index (κ3) is 4.71. The quantitative estimate of drug-likeness (QED) is 0.751. The molecule has 0 bridgehead atoms. The normalized spacial score (nSPS) is 17.1. The van der Waals surface area contributed by atoms with E-state index in [0.29, 0.717) is 12.5 Å². The van der Waals surface area contributed by atoms with Crippen molar-refractivity contribution >= 4 is 5.82 Å². The van der Waals surface area contributed by atoms with Crippen LogP contribution in [-0.4, -0.2) is 74.0 Å². The van der Waals surface area contributed by atoms with Crippen LogP contribution in [0.25, 0.3) is 0 Å². The first kappa shape index (κ1) is 20.2. The molecule has 0 spiro atoms. The minimum Gasteiger partial charge on any atom is -0.497 e. The van der Waals surface area contributed by atoms with Crippen LogP contribution in [0.1, 0.15) is 5.56 Å². The van der Waals surface area contributed by atoms with Gasteiger partial charge >= 0.3 is 0 Å². The van der Waals surface area contributed by atoms with Crippen molar-refractivity contribution in [2.75, 3.05) is 58.9 Å². The van der Waals surface area contributed by atoms with Crippen molar-refractivity contribution < 1.29 is 14.2 Å². The lowest BCUT2D eigenvalue weighted by molar-refractivity contribution is 0.189. The van der Waals surface area contributed by atoms with Gasteiger partial charge in [-0.2, -0.15) is 0 Å². The summed E-state index contributed by atoms with van der Waals surface area (Å²) >= 11 is 0. The van der Waals surface area contributed by atoms with Crippen molar-refractivity contribution in [3.8, 4) is 17.4 Å². The first-order valence-corrected chi connectivity index (χ1v) is 10.1. The number of allylic oxidation sites excluding steroid dienone is 1. The molecule has 2 aromatic rings. The van der Waals surface area contributed by atoms with Crippen LogP contribution in [0.5, 0.6) is 17.4 Å². The molecule has 2 aliphatic rings. The van der Waals surface area contributed by atoms with Gasteiger partial charge in [-0.15, -0.1) is 5.10 Å². The zero-order valence-electron chi connectivity index (χ0n) is 17.8. The Hall–Kier alpha value is -3.13. The van der Waals surface area contributed by atoms with E-state index in [1.54, 1.807) is 14.2 Å². The van der Waals surface area contributed by atoms with E-state index < -0.39 is 0 Å². The van der Waals surface area contributed by atoms with Crippen LogP contribution in [0.3, 0.4) is 0 Å². The number of piperazine rings is 1. The number of likely N-dealkylation sites (N-methyl/N-ethyl adjacent to an activating group) is 1. The summed E-state index contributed by atoms with van der Waals surface area (Å²) in [6.45, 7) is 5.43. The highest BCUT2D eigenvalue weighted by Crippen LogP contribution is 2.25. The number of ether oxygens (including phenoxy) is 3. The lowest BCUT2D eigenvalue weighted by Gasteiger charge is -2.36. The standard InChI is InChI=1S/C22H29N5O3/c1-25-7-9-26(10-8-25)18-5-4-6-27(15-18)21-14-22(24-23-21)30-16-17-11-19(28-2)13-20(12-17)29-3/h4-5,11-15H,6-10,16H2,1-3H3,(H,23,24). The molecule has 0 amide bonds. The van der Waals surface area contributed by atoms with Crippen LogP contribution in [0.15, 0.2) is 48.3 Å². The van der Waals surface area contributed by atoms with E-state index in [4.69, 9.17) is 14.2 Å². The van der Waals surface area contributed by atoms with Crippen LogP contribution >= 0.6 is 0 Å². The summed E-state index contributed by atoms with van der Waals surface area (Å²) in [5.41, 5.74) is 2.18. The van der Waals surface area contributed by atoms with E-state index >= 15 is 0 Å². The first-order valence-electron chi connectivity index (χ1n) is 10.1. The molecular weight excluding hydrogens is 382 g/mol. The molecule has 4 rings (SSSR count). The molecule has 0 unspecified atom stereocenters. The molecule has 8 heteroatoms. The predicted octanol–water partition coefficient (Wildman–Crippen LogP) is 2.47. The Kier molecular flexibility index (Phi) is 6.13. The number of anilines is 1. The van der Waals surface area contributed by atoms with E-state index in [2.05, 4.69) is 50.3 Å². The Labute approximate surface area is 177 Å². The Bertz CT molecular complexity index is 893. The minimum atomic E-state index is 0.375. The summed E-state index contributed by atoms with van der Waals surface area (Å²) in [6, 6.07) is 7.62. The second-order valence-corrected chi connectivity index (χ2v) is 7.50. The Morgan fingerprint density at radius 1 is 1.00 bits per heavy atom. The molecule has 3 heterocycles. The largest absolute Gasteiger partial charge is 0.497 e. The molecule has 2 aliphatic heterocycles. The van der Waals surface area contributed by atoms with Crippen LogP contribution in [0, 0.1) is 0 Å². The van der Waals surface area contributed by atoms with E-state index in [-0.39, 0.29) is 0 Å². The van der Waals surface area contributed by atoms with E-state index in [1.807, 2.05) is 24.3 Å². The first-order chi connectivity index (χ1) is 14.6. The second kappa shape index (κ2) is 9.13. The van der Waals surface area contributed by atoms with E-state index in [1.165, 1.54) is 5.70 Å². The van der Waals surface area contributed by atoms with Gasteiger partial charge in [-0.1, -0.05) is 6.08 Å². The number of aromatic amines is 1. The molecule has 0 aliphatic carbocycles. The Morgan fingerprint density at radius 3 is 2.43 bits per heavy atom. The molecule has 1 N–H and O–H groups in total. The Balaban J connectivity index is 1.40. The topological polar surface area (TPSA) is 66.1 Å². The smallest absolute Gasteiger partial charge is 0.235 e. The molecular formula is C22H29N5O3. The molecule has 0 saturated carbocycles. The van der Waals surface area contributed by atoms with Gasteiger partial charge in [0.1, 0.15) is 23.9 Å². The van der Waals surface area contributed by atoms with Gasteiger partial charge in [-0.05, 0) is 30.8 Å². The number of hydrogen-bond acceptors (Lipinski definition) is 7. The predicted molar refractivity (Wildman–Crippen MR) is 116 cm³/mol. The highest BCUT2D eigenvalue weighted by atomic mass is 16.5. The van der Waals surface area contributed by atoms with Crippen molar-refractivity contribution in [1.29, 1.82) is 0 Å². The van der Waals surface area contributed by atoms with Crippen molar-refractivity contribution in [2.24, 2.45) is 0 Å². The summed E-state index contributed by atoms with van der Waals surface area (Å²) in [4.78, 5) is 6.94. The van der Waals surface area contributed by atoms with Crippen molar-refractivity contribution in [2.45, 2.75) is 6.61 Å². The van der Waals surface area contributed by atoms with E-state index in [0.717, 1.165) is 55.6 Å². The summed E-state index contributed by atoms with van der Waals surface area (Å²) in [5.74, 6) is 2.93. The van der Waals surface area contributed by atoms with E-state index in [9.17, 15) is 0 Å². The number of hydrogen-bond donors (Lipinski definition) is 1. The number of benzene rings is 1. The van der Waals surface area contributed by atoms with Gasteiger partial charge in [0.15, 0.2) is 0 Å². The number of rotatable bonds is 7. The Morgan fingerprint density at radius 2 is 1.73 bits per heavy atom. The number of nitrogens with one attached hydrogen (secondary N) is 1. The van der Waals surface area contributed by atoms with Gasteiger partial charge in [-0.3, -0.25) is 5.10 Å². The maximum absolute atomic E-state index is 5.88. The highest BCUT2D eigenvalue weighted by molar-refractivity contribution is 5.49. The average molecular weight is 412 g/mol. The number of aromatic nitrogens is 2. The number of methoxy groups -OCH3 is 2. The molecule has 1 aromatic heterocycles. The maximum atomic E-state index is 5.88. The summed E-state index contributed by atoms with van der Waals surface area (Å²) < 4.78 is 16.5. The highest BCUT2D eigenvalue weighted by Gasteiger charge is 2.18. The van der Waals surface area contributed by atoms with Gasteiger partial charge in [0.2, 0.25) is 5.88 Å². The molecule has 30 heavy (non-hydrogen) atoms. The van der Waals surface area contributed by atoms with Gasteiger partial charge < -0.3 is 28.9 Å². The van der Waals surface area contributed by atoms with Gasteiger partial charge in [0.05, 0.1) is 19.9 Å². The fraction of sp³-hybridized carbons (Fsp3) is 0.409. The van der Waals surface area contributed by atoms with Crippen molar-refractivity contribution in [1.82, 2.24) is 20.0 Å². The van der Waals surface area contributed by atoms with Crippen LogP contribution < -0.4 is 19.1 Å². The summed E-state index contributed by atoms with van der Waals surface area (Å²) in [7, 11) is 5.44. The zero-order valence-corrected chi connectivity index (χ0v) is 17.8. The zero-order chi connectivity index (χ0) is 20.9. The molecule has 1 saturated heterocycles. The van der Waals surface area contributed by atoms with Gasteiger partial charge in [0.25, 0.3) is 0 Å². The maximum Gasteiger partial charge on any atom is 0.235 e. The average Bonchev–Trinajstić information content (AvgIpc) is 3.27. The SMILES string of the molecule is COc1cc(COc2cc(N3C=C(N4CCN(C)CC4)C=CC3)[nH]n2)cc(OC)c1. The molecule has 1 aromatic carbocycles. The van der Waals surface area contributed by atoms with Crippen LogP contribution in [0.4, 0.5) is 5.82 Å². The number of H-pyrrole nitrogens is 1. The van der Waals surface area contributed by atoms with Crippen molar-refractivity contribution in [3.05, 3.63) is 53.9 Å². The summed E-state index contributed by atoms with van der Waals surface area (Å²) in [6.07, 6.45) is 6.55. The minimum absolute atomic E-state index is 0.375. The third-order valence-electron chi connectivity index (χ3n) is 5.40. The lowest BCUT2D eigenvalue weighted by Crippen LogP contribution is -2.44. The monoisotopic (exact) mass is 411 g/mol. The molecule has 0 radical (unpaired) electrons. The molecule has 8 nitrogen and oxygen atoms in total. The third-order valence-corrected chi connectivity index (χ3v) is 5.40. The number of nitrogens with zero attached hydrogens (tertiary/aromatic N) is 4.